The summed E-state index contributed by atoms with van der Waals surface area (Å²) in [4.78, 5) is 33.8. The Morgan fingerprint density at radius 2 is 0.676 bits per heavy atom. The number of aliphatic carboxylic acids is 1. The Labute approximate surface area is 420 Å². The number of hydrogen-bond donors (Lipinski definition) is 3. The zero-order chi connectivity index (χ0) is 49.7. The second-order valence-corrected chi connectivity index (χ2v) is 22.0. The first-order valence-corrected chi connectivity index (χ1v) is 31.1. The molecule has 0 amide bonds. The average molecular weight is 989 g/mol. The van der Waals surface area contributed by atoms with Crippen molar-refractivity contribution in [1.29, 1.82) is 0 Å². The molecule has 68 heavy (non-hydrogen) atoms. The smallest absolute Gasteiger partial charge is 0.472 e. The Hall–Kier alpha value is -1.03. The molecular formula is C57H114NO9P. The van der Waals surface area contributed by atoms with Crippen LogP contribution in [0.5, 0.6) is 0 Å². The first kappa shape index (κ1) is 67.0. The van der Waals surface area contributed by atoms with E-state index in [0.717, 1.165) is 38.5 Å². The fourth-order valence-corrected chi connectivity index (χ4v) is 9.86. The number of esters is 1. The van der Waals surface area contributed by atoms with Crippen molar-refractivity contribution in [3.05, 3.63) is 0 Å². The summed E-state index contributed by atoms with van der Waals surface area (Å²) in [5.41, 5.74) is 5.39. The monoisotopic (exact) mass is 988 g/mol. The number of carbonyl (C=O) groups is 2. The number of carbonyl (C=O) groups excluding carboxylic acids is 1. The van der Waals surface area contributed by atoms with Crippen LogP contribution in [0.25, 0.3) is 0 Å². The van der Waals surface area contributed by atoms with Gasteiger partial charge >= 0.3 is 19.8 Å². The maximum atomic E-state index is 12.7. The Morgan fingerprint density at radius 3 is 0.971 bits per heavy atom. The number of ether oxygens (including phenoxy) is 2. The van der Waals surface area contributed by atoms with Crippen LogP contribution in [0, 0.1) is 0 Å². The van der Waals surface area contributed by atoms with Gasteiger partial charge in [-0.1, -0.05) is 296 Å². The van der Waals surface area contributed by atoms with Crippen LogP contribution >= 0.6 is 7.82 Å². The minimum atomic E-state index is -4.62. The van der Waals surface area contributed by atoms with Crippen LogP contribution in [0.2, 0.25) is 0 Å². The molecule has 0 radical (unpaired) electrons. The molecule has 0 rings (SSSR count). The maximum Gasteiger partial charge on any atom is 0.472 e. The van der Waals surface area contributed by atoms with Gasteiger partial charge in [-0.2, -0.15) is 0 Å². The summed E-state index contributed by atoms with van der Waals surface area (Å²) >= 11 is 0. The van der Waals surface area contributed by atoms with Crippen LogP contribution in [-0.4, -0.2) is 60.5 Å². The third kappa shape index (κ3) is 52.8. The predicted molar refractivity (Wildman–Crippen MR) is 286 cm³/mol. The van der Waals surface area contributed by atoms with Crippen molar-refractivity contribution in [2.24, 2.45) is 5.73 Å². The van der Waals surface area contributed by atoms with Crippen molar-refractivity contribution in [3.63, 3.8) is 0 Å². The molecule has 0 aliphatic rings. The Kier molecular flexibility index (Phi) is 52.9. The first-order valence-electron chi connectivity index (χ1n) is 29.6. The van der Waals surface area contributed by atoms with Gasteiger partial charge < -0.3 is 25.2 Å². The fourth-order valence-electron chi connectivity index (χ4n) is 9.08. The highest BCUT2D eigenvalue weighted by Gasteiger charge is 2.27. The largest absolute Gasteiger partial charge is 0.480 e. The Morgan fingerprint density at radius 1 is 0.412 bits per heavy atom. The molecule has 0 bridgehead atoms. The summed E-state index contributed by atoms with van der Waals surface area (Å²) in [7, 11) is -4.62. The average Bonchev–Trinajstić information content (AvgIpc) is 3.32. The molecule has 0 aromatic heterocycles. The van der Waals surface area contributed by atoms with Gasteiger partial charge in [0, 0.05) is 13.0 Å². The highest BCUT2D eigenvalue weighted by Crippen LogP contribution is 2.43. The lowest BCUT2D eigenvalue weighted by Gasteiger charge is -2.20. The lowest BCUT2D eigenvalue weighted by atomic mass is 10.0. The van der Waals surface area contributed by atoms with E-state index < -0.39 is 45.1 Å². The van der Waals surface area contributed by atoms with Crippen LogP contribution in [0.4, 0.5) is 0 Å². The Bertz CT molecular complexity index is 1100. The van der Waals surface area contributed by atoms with E-state index in [1.807, 2.05) is 0 Å². The van der Waals surface area contributed by atoms with Gasteiger partial charge in [0.05, 0.1) is 19.8 Å². The van der Waals surface area contributed by atoms with Crippen molar-refractivity contribution in [2.45, 2.75) is 328 Å². The highest BCUT2D eigenvalue weighted by atomic mass is 31.2. The number of hydrogen-bond acceptors (Lipinski definition) is 8. The molecule has 0 aliphatic heterocycles. The van der Waals surface area contributed by atoms with E-state index in [-0.39, 0.29) is 13.0 Å². The topological polar surface area (TPSA) is 155 Å². The number of carboxylic acids is 1. The lowest BCUT2D eigenvalue weighted by Crippen LogP contribution is -2.34. The molecule has 0 aliphatic carbocycles. The predicted octanol–water partition coefficient (Wildman–Crippen LogP) is 17.8. The van der Waals surface area contributed by atoms with Gasteiger partial charge in [0.1, 0.15) is 12.1 Å². The summed E-state index contributed by atoms with van der Waals surface area (Å²) in [5, 5.41) is 8.95. The minimum absolute atomic E-state index is 0.0267. The molecule has 0 spiro atoms. The van der Waals surface area contributed by atoms with Crippen molar-refractivity contribution in [2.75, 3.05) is 26.4 Å². The quantitative estimate of drug-likeness (QED) is 0.0305. The molecule has 10 nitrogen and oxygen atoms in total. The van der Waals surface area contributed by atoms with Crippen molar-refractivity contribution < 1.29 is 42.7 Å². The summed E-state index contributed by atoms with van der Waals surface area (Å²) in [6.45, 7) is 3.98. The molecule has 406 valence electrons. The van der Waals surface area contributed by atoms with Gasteiger partial charge in [-0.15, -0.1) is 0 Å². The zero-order valence-electron chi connectivity index (χ0n) is 45.0. The summed E-state index contributed by atoms with van der Waals surface area (Å²) in [6, 6.07) is -1.47. The zero-order valence-corrected chi connectivity index (χ0v) is 45.9. The number of carboxylic acid groups (broad SMARTS) is 1. The van der Waals surface area contributed by atoms with Gasteiger partial charge in [-0.25, -0.2) is 4.57 Å². The standard InChI is InChI=1S/C57H114NO9P/c1-3-5-7-9-11-13-15-17-19-21-23-24-25-26-27-28-29-30-31-32-33-35-37-39-41-43-45-47-49-56(59)67-54(52-65-68(62,63)66-53-55(58)57(60)61)51-64-50-48-46-44-42-40-38-36-34-22-20-18-16-14-12-10-8-6-4-2/h54-55H,3-53,58H2,1-2H3,(H,60,61)(H,62,63)/t54-,55+/m1/s1. The summed E-state index contributed by atoms with van der Waals surface area (Å²) in [5.74, 6) is -1.76. The molecule has 0 aromatic rings. The Balaban J connectivity index is 3.95. The molecule has 4 N–H and O–H groups in total. The normalized spacial score (nSPS) is 13.5. The molecule has 0 saturated heterocycles. The van der Waals surface area contributed by atoms with Crippen LogP contribution in [0.3, 0.4) is 0 Å². The first-order chi connectivity index (χ1) is 33.2. The molecule has 1 unspecified atom stereocenters. The number of nitrogens with two attached hydrogens (primary N) is 1. The van der Waals surface area contributed by atoms with Crippen LogP contribution in [-0.2, 0) is 32.7 Å². The van der Waals surface area contributed by atoms with Crippen LogP contribution in [0.1, 0.15) is 316 Å². The third-order valence-electron chi connectivity index (χ3n) is 13.6. The minimum Gasteiger partial charge on any atom is -0.480 e. The van der Waals surface area contributed by atoms with Crippen molar-refractivity contribution in [1.82, 2.24) is 0 Å². The number of phosphoric ester groups is 1. The lowest BCUT2D eigenvalue weighted by molar-refractivity contribution is -0.154. The van der Waals surface area contributed by atoms with Gasteiger partial charge in [-0.05, 0) is 12.8 Å². The highest BCUT2D eigenvalue weighted by molar-refractivity contribution is 7.47. The fraction of sp³-hybridized carbons (Fsp3) is 0.965. The van der Waals surface area contributed by atoms with E-state index in [1.54, 1.807) is 0 Å². The molecule has 0 fully saturated rings. The van der Waals surface area contributed by atoms with E-state index in [0.29, 0.717) is 6.61 Å². The molecule has 0 aromatic carbocycles. The number of unbranched alkanes of at least 4 members (excludes halogenated alkanes) is 44. The summed E-state index contributed by atoms with van der Waals surface area (Å²) in [6.07, 6.45) is 60.4. The van der Waals surface area contributed by atoms with E-state index in [9.17, 15) is 19.0 Å². The van der Waals surface area contributed by atoms with E-state index in [4.69, 9.17) is 29.4 Å². The van der Waals surface area contributed by atoms with Crippen molar-refractivity contribution in [3.8, 4) is 0 Å². The van der Waals surface area contributed by atoms with Crippen LogP contribution in [0.15, 0.2) is 0 Å². The van der Waals surface area contributed by atoms with Gasteiger partial charge in [0.2, 0.25) is 0 Å². The molecule has 0 saturated carbocycles. The van der Waals surface area contributed by atoms with Crippen molar-refractivity contribution >= 4 is 19.8 Å². The van der Waals surface area contributed by atoms with Gasteiger partial charge in [0.15, 0.2) is 0 Å². The maximum absolute atomic E-state index is 12.7. The van der Waals surface area contributed by atoms with E-state index in [2.05, 4.69) is 13.8 Å². The molecule has 3 atom stereocenters. The van der Waals surface area contributed by atoms with Gasteiger partial charge in [-0.3, -0.25) is 18.6 Å². The molecular weight excluding hydrogens is 874 g/mol. The van der Waals surface area contributed by atoms with Gasteiger partial charge in [0.25, 0.3) is 0 Å². The number of phosphoric acid groups is 1. The van der Waals surface area contributed by atoms with Crippen LogP contribution < -0.4 is 5.73 Å². The second-order valence-electron chi connectivity index (χ2n) is 20.5. The molecule has 11 heteroatoms. The summed E-state index contributed by atoms with van der Waals surface area (Å²) < 4.78 is 33.6. The number of rotatable bonds is 58. The van der Waals surface area contributed by atoms with E-state index >= 15 is 0 Å². The van der Waals surface area contributed by atoms with E-state index in [1.165, 1.54) is 257 Å². The third-order valence-corrected chi connectivity index (χ3v) is 14.6. The second kappa shape index (κ2) is 53.8. The molecule has 0 heterocycles. The SMILES string of the molecule is CCCCCCCCCCCCCCCCCCCCCCCCCCCCCCC(=O)O[C@H](COCCCCCCCCCCCCCCCCCCCC)COP(=O)(O)OC[C@H](N)C(=O)O.